The molecule has 0 N–H and O–H groups in total. The molecule has 1 aliphatic carbocycles. The maximum absolute atomic E-state index is 6.12. The standard InChI is InChI=1S/C17H15ClN2/c18-14-7-9-17-19-15-8-6-13(10-16(15)20(17)11-14)12-4-2-1-3-5-12/h1-5,7,9,11,13H,6,8,10H2. The molecule has 0 bridgehead atoms. The van der Waals surface area contributed by atoms with Gasteiger partial charge in [-0.3, -0.25) is 0 Å². The van der Waals surface area contributed by atoms with Crippen molar-refractivity contribution in [3.8, 4) is 0 Å². The molecule has 2 heterocycles. The summed E-state index contributed by atoms with van der Waals surface area (Å²) in [5.41, 5.74) is 4.99. The van der Waals surface area contributed by atoms with Crippen molar-refractivity contribution in [2.45, 2.75) is 25.2 Å². The summed E-state index contributed by atoms with van der Waals surface area (Å²) in [7, 11) is 0. The predicted molar refractivity (Wildman–Crippen MR) is 81.4 cm³/mol. The van der Waals surface area contributed by atoms with Gasteiger partial charge in [-0.15, -0.1) is 0 Å². The van der Waals surface area contributed by atoms with E-state index in [9.17, 15) is 0 Å². The highest BCUT2D eigenvalue weighted by Gasteiger charge is 2.24. The smallest absolute Gasteiger partial charge is 0.137 e. The van der Waals surface area contributed by atoms with Crippen molar-refractivity contribution in [2.24, 2.45) is 0 Å². The summed E-state index contributed by atoms with van der Waals surface area (Å²) < 4.78 is 2.16. The summed E-state index contributed by atoms with van der Waals surface area (Å²) in [5, 5.41) is 0.763. The normalized spacial score (nSPS) is 18.1. The first kappa shape index (κ1) is 12.0. The molecule has 0 aliphatic heterocycles. The Bertz CT molecular complexity index is 761. The van der Waals surface area contributed by atoms with Gasteiger partial charge in [-0.1, -0.05) is 41.9 Å². The van der Waals surface area contributed by atoms with Crippen LogP contribution in [0, 0.1) is 0 Å². The van der Waals surface area contributed by atoms with Crippen LogP contribution in [0.5, 0.6) is 0 Å². The lowest BCUT2D eigenvalue weighted by Gasteiger charge is -2.22. The summed E-state index contributed by atoms with van der Waals surface area (Å²) >= 11 is 6.12. The average Bonchev–Trinajstić information content (AvgIpc) is 2.85. The van der Waals surface area contributed by atoms with Crippen molar-refractivity contribution in [3.63, 3.8) is 0 Å². The van der Waals surface area contributed by atoms with Gasteiger partial charge in [-0.2, -0.15) is 0 Å². The predicted octanol–water partition coefficient (Wildman–Crippen LogP) is 4.26. The Morgan fingerprint density at radius 2 is 1.95 bits per heavy atom. The Kier molecular flexibility index (Phi) is 2.78. The summed E-state index contributed by atoms with van der Waals surface area (Å²) in [6.45, 7) is 0. The van der Waals surface area contributed by atoms with E-state index < -0.39 is 0 Å². The Morgan fingerprint density at radius 3 is 2.80 bits per heavy atom. The van der Waals surface area contributed by atoms with Crippen LogP contribution < -0.4 is 0 Å². The highest BCUT2D eigenvalue weighted by molar-refractivity contribution is 6.30. The SMILES string of the molecule is Clc1ccc2nc3c(n2c1)CC(c1ccccc1)CC3. The van der Waals surface area contributed by atoms with Crippen LogP contribution in [0.4, 0.5) is 0 Å². The van der Waals surface area contributed by atoms with E-state index >= 15 is 0 Å². The van der Waals surface area contributed by atoms with Crippen molar-refractivity contribution in [1.82, 2.24) is 9.38 Å². The molecule has 3 aromatic rings. The fourth-order valence-electron chi connectivity index (χ4n) is 3.19. The lowest BCUT2D eigenvalue weighted by Crippen LogP contribution is -2.13. The van der Waals surface area contributed by atoms with Gasteiger partial charge in [-0.05, 0) is 42.9 Å². The fraction of sp³-hybridized carbons (Fsp3) is 0.235. The van der Waals surface area contributed by atoms with E-state index in [2.05, 4.69) is 34.7 Å². The molecule has 0 amide bonds. The number of aryl methyl sites for hydroxylation is 1. The number of nitrogens with zero attached hydrogens (tertiary/aromatic N) is 2. The van der Waals surface area contributed by atoms with Crippen LogP contribution >= 0.6 is 11.6 Å². The van der Waals surface area contributed by atoms with Crippen molar-refractivity contribution in [3.05, 3.63) is 70.6 Å². The largest absolute Gasteiger partial charge is 0.302 e. The number of rotatable bonds is 1. The molecule has 0 saturated carbocycles. The molecule has 0 fully saturated rings. The number of pyridine rings is 1. The molecule has 20 heavy (non-hydrogen) atoms. The molecular formula is C17H15ClN2. The maximum Gasteiger partial charge on any atom is 0.137 e. The van der Waals surface area contributed by atoms with E-state index in [-0.39, 0.29) is 0 Å². The highest BCUT2D eigenvalue weighted by Crippen LogP contribution is 2.33. The second-order valence-electron chi connectivity index (χ2n) is 5.43. The molecule has 1 aliphatic rings. The zero-order valence-electron chi connectivity index (χ0n) is 11.1. The highest BCUT2D eigenvalue weighted by atomic mass is 35.5. The van der Waals surface area contributed by atoms with Gasteiger partial charge in [0.2, 0.25) is 0 Å². The number of hydrogen-bond acceptors (Lipinski definition) is 1. The minimum absolute atomic E-state index is 0.586. The molecule has 1 aromatic carbocycles. The average molecular weight is 283 g/mol. The van der Waals surface area contributed by atoms with Crippen LogP contribution in [0.1, 0.15) is 29.3 Å². The van der Waals surface area contributed by atoms with Crippen LogP contribution in [-0.2, 0) is 12.8 Å². The quantitative estimate of drug-likeness (QED) is 0.652. The van der Waals surface area contributed by atoms with Gasteiger partial charge in [0.1, 0.15) is 5.65 Å². The molecule has 4 rings (SSSR count). The summed E-state index contributed by atoms with van der Waals surface area (Å²) in [4.78, 5) is 4.73. The van der Waals surface area contributed by atoms with Crippen molar-refractivity contribution in [1.29, 1.82) is 0 Å². The topological polar surface area (TPSA) is 17.3 Å². The van der Waals surface area contributed by atoms with Gasteiger partial charge < -0.3 is 4.40 Å². The molecule has 0 saturated heterocycles. The zero-order chi connectivity index (χ0) is 13.5. The minimum Gasteiger partial charge on any atom is -0.302 e. The molecule has 2 nitrogen and oxygen atoms in total. The van der Waals surface area contributed by atoms with E-state index in [1.807, 2.05) is 18.3 Å². The number of aromatic nitrogens is 2. The first-order chi connectivity index (χ1) is 9.81. The Labute approximate surface area is 123 Å². The lowest BCUT2D eigenvalue weighted by molar-refractivity contribution is 0.568. The number of imidazole rings is 1. The molecule has 0 spiro atoms. The van der Waals surface area contributed by atoms with E-state index in [4.69, 9.17) is 16.6 Å². The molecule has 1 unspecified atom stereocenters. The van der Waals surface area contributed by atoms with Crippen LogP contribution in [0.3, 0.4) is 0 Å². The molecular weight excluding hydrogens is 268 g/mol. The van der Waals surface area contributed by atoms with Crippen LogP contribution in [0.25, 0.3) is 5.65 Å². The summed E-state index contributed by atoms with van der Waals surface area (Å²) in [6, 6.07) is 14.7. The van der Waals surface area contributed by atoms with Gasteiger partial charge in [0.05, 0.1) is 10.7 Å². The number of halogens is 1. The third-order valence-corrected chi connectivity index (χ3v) is 4.43. The number of fused-ring (bicyclic) bond motifs is 3. The van der Waals surface area contributed by atoms with Crippen LogP contribution in [-0.4, -0.2) is 9.38 Å². The summed E-state index contributed by atoms with van der Waals surface area (Å²) in [6.07, 6.45) is 5.25. The van der Waals surface area contributed by atoms with E-state index in [0.29, 0.717) is 5.92 Å². The van der Waals surface area contributed by atoms with E-state index in [1.165, 1.54) is 23.4 Å². The zero-order valence-corrected chi connectivity index (χ0v) is 11.8. The van der Waals surface area contributed by atoms with Crippen molar-refractivity contribution in [2.75, 3.05) is 0 Å². The third kappa shape index (κ3) is 1.92. The van der Waals surface area contributed by atoms with Crippen molar-refractivity contribution < 1.29 is 0 Å². The first-order valence-electron chi connectivity index (χ1n) is 7.01. The fourth-order valence-corrected chi connectivity index (χ4v) is 3.35. The second kappa shape index (κ2) is 4.64. The van der Waals surface area contributed by atoms with Crippen molar-refractivity contribution >= 4 is 17.2 Å². The van der Waals surface area contributed by atoms with E-state index in [0.717, 1.165) is 23.5 Å². The first-order valence-corrected chi connectivity index (χ1v) is 7.39. The third-order valence-electron chi connectivity index (χ3n) is 4.20. The van der Waals surface area contributed by atoms with Gasteiger partial charge in [0.25, 0.3) is 0 Å². The van der Waals surface area contributed by atoms with Gasteiger partial charge in [-0.25, -0.2) is 4.98 Å². The number of hydrogen-bond donors (Lipinski definition) is 0. The molecule has 3 heteroatoms. The number of benzene rings is 1. The molecule has 2 aromatic heterocycles. The maximum atomic E-state index is 6.12. The van der Waals surface area contributed by atoms with Gasteiger partial charge in [0.15, 0.2) is 0 Å². The lowest BCUT2D eigenvalue weighted by atomic mass is 9.84. The van der Waals surface area contributed by atoms with Crippen LogP contribution in [0.15, 0.2) is 48.7 Å². The Balaban J connectivity index is 1.78. The molecule has 1 atom stereocenters. The second-order valence-corrected chi connectivity index (χ2v) is 5.87. The van der Waals surface area contributed by atoms with Gasteiger partial charge >= 0.3 is 0 Å². The Morgan fingerprint density at radius 1 is 1.10 bits per heavy atom. The van der Waals surface area contributed by atoms with Crippen LogP contribution in [0.2, 0.25) is 5.02 Å². The van der Waals surface area contributed by atoms with Gasteiger partial charge in [0, 0.05) is 11.9 Å². The summed E-state index contributed by atoms with van der Waals surface area (Å²) in [5.74, 6) is 0.586. The molecule has 0 radical (unpaired) electrons. The van der Waals surface area contributed by atoms with E-state index in [1.54, 1.807) is 0 Å². The Hall–Kier alpha value is -1.80. The molecule has 100 valence electrons. The monoisotopic (exact) mass is 282 g/mol. The minimum atomic E-state index is 0.586.